The van der Waals surface area contributed by atoms with E-state index in [1.807, 2.05) is 0 Å². The first-order valence-electron chi connectivity index (χ1n) is 8.08. The van der Waals surface area contributed by atoms with Crippen LogP contribution < -0.4 is 9.47 Å². The number of methoxy groups -OCH3 is 2. The van der Waals surface area contributed by atoms with Gasteiger partial charge in [0.2, 0.25) is 11.8 Å². The maximum atomic E-state index is 13.8. The molecule has 0 saturated carbocycles. The molecule has 0 N–H and O–H groups in total. The van der Waals surface area contributed by atoms with Crippen molar-refractivity contribution in [3.63, 3.8) is 0 Å². The number of carbonyl (C=O) groups excluding carboxylic acids is 1. The molecule has 0 radical (unpaired) electrons. The van der Waals surface area contributed by atoms with E-state index >= 15 is 0 Å². The normalized spacial score (nSPS) is 10.5. The number of nitrogens with zero attached hydrogens (tertiary/aromatic N) is 3. The highest BCUT2D eigenvalue weighted by atomic mass is 19.1. The quantitative estimate of drug-likeness (QED) is 0.662. The van der Waals surface area contributed by atoms with Gasteiger partial charge in [-0.05, 0) is 30.3 Å². The first kappa shape index (κ1) is 18.4. The van der Waals surface area contributed by atoms with E-state index in [0.29, 0.717) is 17.1 Å². The van der Waals surface area contributed by atoms with Crippen LogP contribution in [-0.2, 0) is 6.54 Å². The van der Waals surface area contributed by atoms with Crippen LogP contribution in [0.4, 0.5) is 4.39 Å². The number of aromatic nitrogens is 2. The maximum Gasteiger partial charge on any atom is 0.257 e. The number of halogens is 1. The van der Waals surface area contributed by atoms with Gasteiger partial charge in [-0.1, -0.05) is 12.1 Å². The van der Waals surface area contributed by atoms with Gasteiger partial charge >= 0.3 is 0 Å². The summed E-state index contributed by atoms with van der Waals surface area (Å²) in [6.45, 7) is 0.0491. The van der Waals surface area contributed by atoms with Crippen LogP contribution in [-0.4, -0.2) is 42.3 Å². The molecular weight excluding hydrogens is 353 g/mol. The number of carbonyl (C=O) groups is 1. The van der Waals surface area contributed by atoms with Crippen molar-refractivity contribution in [1.29, 1.82) is 0 Å². The van der Waals surface area contributed by atoms with Crippen LogP contribution in [0.2, 0.25) is 0 Å². The zero-order valence-corrected chi connectivity index (χ0v) is 15.1. The highest BCUT2D eigenvalue weighted by Gasteiger charge is 2.19. The summed E-state index contributed by atoms with van der Waals surface area (Å²) in [5.74, 6) is 0.562. The summed E-state index contributed by atoms with van der Waals surface area (Å²) in [6.07, 6.45) is 0. The van der Waals surface area contributed by atoms with Gasteiger partial charge < -0.3 is 18.8 Å². The maximum absolute atomic E-state index is 13.8. The molecule has 0 fully saturated rings. The summed E-state index contributed by atoms with van der Waals surface area (Å²) in [5.41, 5.74) is 0.633. The minimum atomic E-state index is -0.578. The van der Waals surface area contributed by atoms with Gasteiger partial charge in [0, 0.05) is 12.6 Å². The van der Waals surface area contributed by atoms with Crippen LogP contribution in [0.15, 0.2) is 46.9 Å². The molecule has 0 aliphatic carbocycles. The Bertz CT molecular complexity index is 958. The first-order chi connectivity index (χ1) is 13.0. The number of ether oxygens (including phenoxy) is 2. The molecule has 7 nitrogen and oxygen atoms in total. The standard InChI is InChI=1S/C19H18FN3O4/c1-23(19(24)13-6-4-5-7-14(13)20)11-17-21-22-18(27-17)12-8-9-15(25-2)16(10-12)26-3/h4-10H,11H2,1-3H3. The number of amides is 1. The summed E-state index contributed by atoms with van der Waals surface area (Å²) in [7, 11) is 4.62. The number of rotatable bonds is 6. The summed E-state index contributed by atoms with van der Waals surface area (Å²) in [5, 5.41) is 7.95. The van der Waals surface area contributed by atoms with Crippen molar-refractivity contribution >= 4 is 5.91 Å². The predicted molar refractivity (Wildman–Crippen MR) is 95.0 cm³/mol. The van der Waals surface area contributed by atoms with Gasteiger partial charge in [0.05, 0.1) is 26.3 Å². The SMILES string of the molecule is COc1ccc(-c2nnc(CN(C)C(=O)c3ccccc3F)o2)cc1OC. The Morgan fingerprint density at radius 1 is 1.11 bits per heavy atom. The molecular formula is C19H18FN3O4. The van der Waals surface area contributed by atoms with Gasteiger partial charge in [0.1, 0.15) is 5.82 Å². The third-order valence-electron chi connectivity index (χ3n) is 3.92. The molecule has 3 rings (SSSR count). The van der Waals surface area contributed by atoms with E-state index in [4.69, 9.17) is 13.9 Å². The average Bonchev–Trinajstić information content (AvgIpc) is 3.15. The van der Waals surface area contributed by atoms with Crippen molar-refractivity contribution in [2.24, 2.45) is 0 Å². The fourth-order valence-electron chi connectivity index (χ4n) is 2.52. The fourth-order valence-corrected chi connectivity index (χ4v) is 2.52. The van der Waals surface area contributed by atoms with Gasteiger partial charge in [-0.25, -0.2) is 4.39 Å². The van der Waals surface area contributed by atoms with Crippen LogP contribution in [0.3, 0.4) is 0 Å². The molecule has 0 aliphatic heterocycles. The largest absolute Gasteiger partial charge is 0.493 e. The lowest BCUT2D eigenvalue weighted by Crippen LogP contribution is -2.27. The molecule has 0 spiro atoms. The van der Waals surface area contributed by atoms with E-state index in [-0.39, 0.29) is 23.9 Å². The summed E-state index contributed by atoms with van der Waals surface area (Å²) >= 11 is 0. The Balaban J connectivity index is 1.76. The molecule has 1 aromatic heterocycles. The Labute approximate surface area is 155 Å². The van der Waals surface area contributed by atoms with E-state index in [0.717, 1.165) is 0 Å². The number of hydrogen-bond acceptors (Lipinski definition) is 6. The number of hydrogen-bond donors (Lipinski definition) is 0. The molecule has 140 valence electrons. The van der Waals surface area contributed by atoms with Crippen LogP contribution in [0.25, 0.3) is 11.5 Å². The highest BCUT2D eigenvalue weighted by Crippen LogP contribution is 2.31. The lowest BCUT2D eigenvalue weighted by atomic mass is 10.2. The second kappa shape index (κ2) is 7.86. The predicted octanol–water partition coefficient (Wildman–Crippen LogP) is 3.17. The Kier molecular flexibility index (Phi) is 5.35. The van der Waals surface area contributed by atoms with E-state index in [1.165, 1.54) is 37.3 Å². The van der Waals surface area contributed by atoms with Crippen molar-refractivity contribution in [3.8, 4) is 23.0 Å². The Morgan fingerprint density at radius 2 is 1.85 bits per heavy atom. The Hall–Kier alpha value is -3.42. The summed E-state index contributed by atoms with van der Waals surface area (Å²) < 4.78 is 29.9. The van der Waals surface area contributed by atoms with Gasteiger partial charge in [-0.3, -0.25) is 4.79 Å². The van der Waals surface area contributed by atoms with Gasteiger partial charge in [0.15, 0.2) is 11.5 Å². The lowest BCUT2D eigenvalue weighted by Gasteiger charge is -2.15. The highest BCUT2D eigenvalue weighted by molar-refractivity contribution is 5.94. The van der Waals surface area contributed by atoms with E-state index in [2.05, 4.69) is 10.2 Å². The lowest BCUT2D eigenvalue weighted by molar-refractivity contribution is 0.0768. The zero-order chi connectivity index (χ0) is 19.4. The monoisotopic (exact) mass is 371 g/mol. The topological polar surface area (TPSA) is 77.7 Å². The van der Waals surface area contributed by atoms with Crippen molar-refractivity contribution in [2.45, 2.75) is 6.54 Å². The number of benzene rings is 2. The second-order valence-corrected chi connectivity index (χ2v) is 5.71. The molecule has 0 unspecified atom stereocenters. The van der Waals surface area contributed by atoms with Gasteiger partial charge in [-0.2, -0.15) is 0 Å². The molecule has 3 aromatic rings. The minimum Gasteiger partial charge on any atom is -0.493 e. The van der Waals surface area contributed by atoms with Crippen molar-refractivity contribution in [1.82, 2.24) is 15.1 Å². The third-order valence-corrected chi connectivity index (χ3v) is 3.92. The van der Waals surface area contributed by atoms with Crippen LogP contribution in [0.1, 0.15) is 16.2 Å². The van der Waals surface area contributed by atoms with Crippen molar-refractivity contribution < 1.29 is 23.1 Å². The van der Waals surface area contributed by atoms with E-state index < -0.39 is 11.7 Å². The molecule has 1 heterocycles. The molecule has 1 amide bonds. The fraction of sp³-hybridized carbons (Fsp3) is 0.211. The summed E-state index contributed by atoms with van der Waals surface area (Å²) in [4.78, 5) is 13.7. The molecule has 0 aliphatic rings. The van der Waals surface area contributed by atoms with Crippen LogP contribution in [0.5, 0.6) is 11.5 Å². The molecule has 2 aromatic carbocycles. The molecule has 8 heteroatoms. The minimum absolute atomic E-state index is 0.0142. The molecule has 0 saturated heterocycles. The van der Waals surface area contributed by atoms with Gasteiger partial charge in [0.25, 0.3) is 5.91 Å². The van der Waals surface area contributed by atoms with Crippen LogP contribution >= 0.6 is 0 Å². The van der Waals surface area contributed by atoms with Crippen LogP contribution in [0, 0.1) is 5.82 Å². The average molecular weight is 371 g/mol. The molecule has 27 heavy (non-hydrogen) atoms. The van der Waals surface area contributed by atoms with E-state index in [1.54, 1.807) is 31.4 Å². The smallest absolute Gasteiger partial charge is 0.257 e. The first-order valence-corrected chi connectivity index (χ1v) is 8.08. The van der Waals surface area contributed by atoms with Crippen molar-refractivity contribution in [2.75, 3.05) is 21.3 Å². The summed E-state index contributed by atoms with van der Waals surface area (Å²) in [6, 6.07) is 11.0. The molecule has 0 bridgehead atoms. The zero-order valence-electron chi connectivity index (χ0n) is 15.1. The van der Waals surface area contributed by atoms with Gasteiger partial charge in [-0.15, -0.1) is 10.2 Å². The molecule has 0 atom stereocenters. The van der Waals surface area contributed by atoms with E-state index in [9.17, 15) is 9.18 Å². The van der Waals surface area contributed by atoms with Crippen molar-refractivity contribution in [3.05, 3.63) is 59.7 Å². The third kappa shape index (κ3) is 3.89. The second-order valence-electron chi connectivity index (χ2n) is 5.71. The Morgan fingerprint density at radius 3 is 2.56 bits per heavy atom.